The Labute approximate surface area is 194 Å². The van der Waals surface area contributed by atoms with E-state index in [0.717, 1.165) is 43.8 Å². The first-order valence-corrected chi connectivity index (χ1v) is 11.6. The summed E-state index contributed by atoms with van der Waals surface area (Å²) in [6, 6.07) is 7.52. The van der Waals surface area contributed by atoms with Gasteiger partial charge in [0.1, 0.15) is 11.3 Å². The fourth-order valence-electron chi connectivity index (χ4n) is 4.75. The summed E-state index contributed by atoms with van der Waals surface area (Å²) in [6.45, 7) is 3.57. The standard InChI is InChI=1S/C25H32N4O4/c1-32-19-17-29-24(31)28(14-3-7-21-6-2-12-26-20-21)23(30)25(29)10-15-27(16-11-25)13-4-8-22-9-5-18-33-22/h2,4-6,8-9,12,18,20H,3,7,10-11,13-17,19H2,1H3/b8-4+. The minimum atomic E-state index is -0.759. The molecule has 0 atom stereocenters. The largest absolute Gasteiger partial charge is 0.465 e. The van der Waals surface area contributed by atoms with Crippen molar-refractivity contribution in [1.82, 2.24) is 19.7 Å². The number of pyridine rings is 1. The molecule has 33 heavy (non-hydrogen) atoms. The van der Waals surface area contributed by atoms with Crippen molar-refractivity contribution >= 4 is 18.0 Å². The normalized spacial score (nSPS) is 18.8. The van der Waals surface area contributed by atoms with Gasteiger partial charge in [-0.2, -0.15) is 0 Å². The van der Waals surface area contributed by atoms with E-state index in [4.69, 9.17) is 9.15 Å². The second-order valence-corrected chi connectivity index (χ2v) is 8.60. The number of rotatable bonds is 10. The van der Waals surface area contributed by atoms with Gasteiger partial charge in [-0.3, -0.25) is 19.6 Å². The highest BCUT2D eigenvalue weighted by Gasteiger charge is 2.57. The summed E-state index contributed by atoms with van der Waals surface area (Å²) in [5.41, 5.74) is 0.351. The third kappa shape index (κ3) is 5.17. The smallest absolute Gasteiger partial charge is 0.327 e. The lowest BCUT2D eigenvalue weighted by molar-refractivity contribution is -0.135. The number of aromatic nitrogens is 1. The number of methoxy groups -OCH3 is 1. The lowest BCUT2D eigenvalue weighted by Gasteiger charge is -2.42. The Balaban J connectivity index is 1.38. The molecule has 8 nitrogen and oxygen atoms in total. The maximum atomic E-state index is 13.6. The number of furan rings is 1. The number of piperidine rings is 1. The van der Waals surface area contributed by atoms with Gasteiger partial charge in [-0.15, -0.1) is 0 Å². The zero-order chi connectivity index (χ0) is 23.1. The summed E-state index contributed by atoms with van der Waals surface area (Å²) in [5, 5.41) is 0. The molecule has 8 heteroatoms. The lowest BCUT2D eigenvalue weighted by Crippen LogP contribution is -2.57. The second-order valence-electron chi connectivity index (χ2n) is 8.60. The monoisotopic (exact) mass is 452 g/mol. The number of imide groups is 1. The highest BCUT2D eigenvalue weighted by Crippen LogP contribution is 2.37. The van der Waals surface area contributed by atoms with Crippen molar-refractivity contribution in [1.29, 1.82) is 0 Å². The fraction of sp³-hybridized carbons (Fsp3) is 0.480. The van der Waals surface area contributed by atoms with Gasteiger partial charge < -0.3 is 14.1 Å². The molecule has 0 N–H and O–H groups in total. The number of nitrogens with zero attached hydrogens (tertiary/aromatic N) is 4. The van der Waals surface area contributed by atoms with Crippen LogP contribution in [0.25, 0.3) is 6.08 Å². The van der Waals surface area contributed by atoms with E-state index in [1.165, 1.54) is 4.90 Å². The van der Waals surface area contributed by atoms with Gasteiger partial charge in [0.25, 0.3) is 5.91 Å². The molecule has 0 saturated carbocycles. The van der Waals surface area contributed by atoms with Gasteiger partial charge >= 0.3 is 6.03 Å². The van der Waals surface area contributed by atoms with Crippen LogP contribution in [-0.4, -0.2) is 83.6 Å². The van der Waals surface area contributed by atoms with Gasteiger partial charge in [0, 0.05) is 52.2 Å². The zero-order valence-electron chi connectivity index (χ0n) is 19.2. The average Bonchev–Trinajstić information content (AvgIpc) is 3.42. The van der Waals surface area contributed by atoms with Gasteiger partial charge in [-0.25, -0.2) is 4.79 Å². The van der Waals surface area contributed by atoms with Crippen molar-refractivity contribution in [3.05, 3.63) is 60.3 Å². The molecule has 1 spiro atoms. The van der Waals surface area contributed by atoms with Crippen molar-refractivity contribution < 1.29 is 18.7 Å². The van der Waals surface area contributed by atoms with Crippen LogP contribution < -0.4 is 0 Å². The van der Waals surface area contributed by atoms with Crippen molar-refractivity contribution in [2.24, 2.45) is 0 Å². The molecule has 0 radical (unpaired) electrons. The molecule has 0 unspecified atom stereocenters. The van der Waals surface area contributed by atoms with Crippen molar-refractivity contribution in [2.45, 2.75) is 31.2 Å². The topological polar surface area (TPSA) is 79.1 Å². The van der Waals surface area contributed by atoms with Crippen LogP contribution in [0.5, 0.6) is 0 Å². The number of amides is 3. The Morgan fingerprint density at radius 1 is 1.18 bits per heavy atom. The first-order chi connectivity index (χ1) is 16.1. The fourth-order valence-corrected chi connectivity index (χ4v) is 4.75. The van der Waals surface area contributed by atoms with E-state index in [1.807, 2.05) is 36.5 Å². The Bertz CT molecular complexity index is 937. The second kappa shape index (κ2) is 10.8. The summed E-state index contributed by atoms with van der Waals surface area (Å²) in [4.78, 5) is 36.5. The molecular weight excluding hydrogens is 420 g/mol. The average molecular weight is 453 g/mol. The minimum absolute atomic E-state index is 0.0550. The van der Waals surface area contributed by atoms with Crippen molar-refractivity contribution in [3.63, 3.8) is 0 Å². The molecule has 0 aliphatic carbocycles. The molecule has 0 aromatic carbocycles. The highest BCUT2D eigenvalue weighted by molar-refractivity contribution is 6.07. The molecule has 2 aromatic rings. The molecule has 0 bridgehead atoms. The highest BCUT2D eigenvalue weighted by atomic mass is 16.5. The molecular formula is C25H32N4O4. The SMILES string of the molecule is COCCN1C(=O)N(CCCc2cccnc2)C(=O)C12CCN(C/C=C/c1ccco1)CC2. The Morgan fingerprint density at radius 2 is 2.03 bits per heavy atom. The van der Waals surface area contributed by atoms with E-state index in [2.05, 4.69) is 16.0 Å². The Hall–Kier alpha value is -2.97. The predicted molar refractivity (Wildman–Crippen MR) is 124 cm³/mol. The number of carbonyl (C=O) groups is 2. The van der Waals surface area contributed by atoms with Crippen LogP contribution in [0.4, 0.5) is 4.79 Å². The van der Waals surface area contributed by atoms with E-state index >= 15 is 0 Å². The van der Waals surface area contributed by atoms with Gasteiger partial charge in [-0.1, -0.05) is 12.1 Å². The van der Waals surface area contributed by atoms with E-state index in [9.17, 15) is 9.59 Å². The summed E-state index contributed by atoms with van der Waals surface area (Å²) >= 11 is 0. The van der Waals surface area contributed by atoms with Crippen LogP contribution in [0.2, 0.25) is 0 Å². The van der Waals surface area contributed by atoms with Gasteiger partial charge in [0.15, 0.2) is 0 Å². The number of hydrogen-bond donors (Lipinski definition) is 0. The number of likely N-dealkylation sites (tertiary alicyclic amines) is 1. The van der Waals surface area contributed by atoms with Crippen molar-refractivity contribution in [3.8, 4) is 0 Å². The summed E-state index contributed by atoms with van der Waals surface area (Å²) in [6.07, 6.45) is 12.0. The number of ether oxygens (including phenoxy) is 1. The molecule has 3 amide bonds. The summed E-state index contributed by atoms with van der Waals surface area (Å²) in [7, 11) is 1.62. The molecule has 2 fully saturated rings. The molecule has 176 valence electrons. The number of hydrogen-bond acceptors (Lipinski definition) is 6. The zero-order valence-corrected chi connectivity index (χ0v) is 19.2. The molecule has 2 aromatic heterocycles. The molecule has 4 heterocycles. The van der Waals surface area contributed by atoms with Gasteiger partial charge in [-0.05, 0) is 55.5 Å². The van der Waals surface area contributed by atoms with E-state index in [1.54, 1.807) is 24.5 Å². The summed E-state index contributed by atoms with van der Waals surface area (Å²) < 4.78 is 10.6. The Kier molecular flexibility index (Phi) is 7.57. The number of urea groups is 1. The maximum Gasteiger partial charge on any atom is 0.327 e. The van der Waals surface area contributed by atoms with Crippen molar-refractivity contribution in [2.75, 3.05) is 46.4 Å². The van der Waals surface area contributed by atoms with Gasteiger partial charge in [0.05, 0.1) is 12.9 Å². The third-order valence-corrected chi connectivity index (χ3v) is 6.58. The molecule has 2 saturated heterocycles. The van der Waals surface area contributed by atoms with Crippen LogP contribution in [-0.2, 0) is 16.0 Å². The minimum Gasteiger partial charge on any atom is -0.465 e. The number of aryl methyl sites for hydroxylation is 1. The first-order valence-electron chi connectivity index (χ1n) is 11.6. The molecule has 4 rings (SSSR count). The quantitative estimate of drug-likeness (QED) is 0.516. The third-order valence-electron chi connectivity index (χ3n) is 6.58. The van der Waals surface area contributed by atoms with Crippen LogP contribution >= 0.6 is 0 Å². The van der Waals surface area contributed by atoms with E-state index in [0.29, 0.717) is 32.5 Å². The van der Waals surface area contributed by atoms with E-state index < -0.39 is 5.54 Å². The van der Waals surface area contributed by atoms with E-state index in [-0.39, 0.29) is 11.9 Å². The predicted octanol–water partition coefficient (Wildman–Crippen LogP) is 3.07. The van der Waals surface area contributed by atoms with Crippen LogP contribution in [0.15, 0.2) is 53.4 Å². The van der Waals surface area contributed by atoms with Crippen LogP contribution in [0, 0.1) is 0 Å². The first kappa shape index (κ1) is 23.2. The molecule has 2 aliphatic heterocycles. The van der Waals surface area contributed by atoms with Gasteiger partial charge in [0.2, 0.25) is 0 Å². The Morgan fingerprint density at radius 3 is 2.73 bits per heavy atom. The molecule has 2 aliphatic rings. The van der Waals surface area contributed by atoms with Crippen LogP contribution in [0.3, 0.4) is 0 Å². The number of carbonyl (C=O) groups excluding carboxylic acids is 2. The van der Waals surface area contributed by atoms with Crippen LogP contribution in [0.1, 0.15) is 30.6 Å². The summed E-state index contributed by atoms with van der Waals surface area (Å²) in [5.74, 6) is 0.772. The maximum absolute atomic E-state index is 13.6. The lowest BCUT2D eigenvalue weighted by atomic mass is 9.85.